The Morgan fingerprint density at radius 2 is 1.94 bits per heavy atom. The van der Waals surface area contributed by atoms with Gasteiger partial charge in [-0.15, -0.1) is 0 Å². The van der Waals surface area contributed by atoms with Crippen LogP contribution in [-0.4, -0.2) is 48.7 Å². The van der Waals surface area contributed by atoms with E-state index < -0.39 is 23.4 Å². The summed E-state index contributed by atoms with van der Waals surface area (Å²) in [6.45, 7) is 7.33. The van der Waals surface area contributed by atoms with E-state index >= 15 is 0 Å². The van der Waals surface area contributed by atoms with Gasteiger partial charge in [0.15, 0.2) is 5.16 Å². The first-order valence-corrected chi connectivity index (χ1v) is 11.2. The maximum atomic E-state index is 12.5. The normalized spacial score (nSPS) is 18.3. The number of imidazole rings is 1. The van der Waals surface area contributed by atoms with E-state index in [2.05, 4.69) is 15.8 Å². The van der Waals surface area contributed by atoms with E-state index in [-0.39, 0.29) is 5.75 Å². The van der Waals surface area contributed by atoms with Gasteiger partial charge in [0.05, 0.1) is 22.7 Å². The molecule has 1 saturated heterocycles. The van der Waals surface area contributed by atoms with Gasteiger partial charge in [-0.25, -0.2) is 14.3 Å². The molecule has 10 heteroatoms. The van der Waals surface area contributed by atoms with Crippen molar-refractivity contribution in [1.82, 2.24) is 30.3 Å². The van der Waals surface area contributed by atoms with Crippen molar-refractivity contribution >= 4 is 35.1 Å². The second kappa shape index (κ2) is 8.27. The molecule has 0 aliphatic carbocycles. The van der Waals surface area contributed by atoms with Crippen LogP contribution in [0.25, 0.3) is 16.8 Å². The van der Waals surface area contributed by atoms with Gasteiger partial charge in [0.2, 0.25) is 5.91 Å². The molecule has 3 aromatic rings. The summed E-state index contributed by atoms with van der Waals surface area (Å²) in [4.78, 5) is 41.9. The molecule has 0 bridgehead atoms. The molecule has 1 aromatic carbocycles. The van der Waals surface area contributed by atoms with Gasteiger partial charge in [0.1, 0.15) is 5.54 Å². The summed E-state index contributed by atoms with van der Waals surface area (Å²) in [7, 11) is 0. The number of hydrazine groups is 1. The fraction of sp³-hybridized carbons (Fsp3) is 0.318. The number of thioether (sulfide) groups is 1. The van der Waals surface area contributed by atoms with E-state index in [0.717, 1.165) is 33.0 Å². The molecule has 9 nitrogen and oxygen atoms in total. The minimum absolute atomic E-state index is 0.0398. The fourth-order valence-electron chi connectivity index (χ4n) is 3.61. The smallest absolute Gasteiger partial charge is 0.322 e. The van der Waals surface area contributed by atoms with Crippen LogP contribution in [0, 0.1) is 13.8 Å². The number of imide groups is 1. The Balaban J connectivity index is 1.57. The number of fused-ring (bicyclic) bond motifs is 1. The molecule has 1 fully saturated rings. The van der Waals surface area contributed by atoms with Gasteiger partial charge in [-0.1, -0.05) is 49.0 Å². The lowest BCUT2D eigenvalue weighted by molar-refractivity contribution is -0.137. The molecule has 2 aromatic heterocycles. The highest BCUT2D eigenvalue weighted by molar-refractivity contribution is 7.99. The van der Waals surface area contributed by atoms with E-state index in [1.54, 1.807) is 18.4 Å². The summed E-state index contributed by atoms with van der Waals surface area (Å²) < 4.78 is 1.74. The Morgan fingerprint density at radius 1 is 1.22 bits per heavy atom. The standard InChI is InChI=1S/C22H24N6O3S/c1-5-22(4)19(30)28(20(31)24-22)26-16(29)12-32-21-23-17(15-9-7-6-8-10-15)18-13(2)11-14(3)25-27(18)21/h6-11H,5,12H2,1-4H3,(H,24,31)(H,26,29)/t22-/m0/s1. The van der Waals surface area contributed by atoms with Crippen molar-refractivity contribution in [2.75, 3.05) is 5.75 Å². The third-order valence-corrected chi connectivity index (χ3v) is 6.39. The number of hydrogen-bond donors (Lipinski definition) is 2. The molecule has 0 radical (unpaired) electrons. The molecule has 1 aliphatic rings. The third-order valence-electron chi connectivity index (χ3n) is 5.47. The molecule has 1 aliphatic heterocycles. The monoisotopic (exact) mass is 452 g/mol. The Labute approximate surface area is 189 Å². The van der Waals surface area contributed by atoms with Crippen LogP contribution in [0.3, 0.4) is 0 Å². The van der Waals surface area contributed by atoms with Crippen LogP contribution in [0.2, 0.25) is 0 Å². The van der Waals surface area contributed by atoms with Gasteiger partial charge in [0, 0.05) is 5.56 Å². The number of carbonyl (C=O) groups is 3. The van der Waals surface area contributed by atoms with Gasteiger partial charge in [-0.3, -0.25) is 15.0 Å². The third kappa shape index (κ3) is 3.81. The first kappa shape index (κ1) is 21.8. The Kier molecular flexibility index (Phi) is 5.64. The van der Waals surface area contributed by atoms with E-state index in [9.17, 15) is 14.4 Å². The van der Waals surface area contributed by atoms with Crippen LogP contribution in [0.15, 0.2) is 41.6 Å². The van der Waals surface area contributed by atoms with Crippen LogP contribution in [0.1, 0.15) is 31.5 Å². The number of aromatic nitrogens is 3. The first-order chi connectivity index (χ1) is 15.2. The number of amides is 4. The molecule has 4 amide bonds. The predicted molar refractivity (Wildman–Crippen MR) is 121 cm³/mol. The van der Waals surface area contributed by atoms with Crippen LogP contribution in [0.5, 0.6) is 0 Å². The Hall–Kier alpha value is -3.40. The minimum atomic E-state index is -1.01. The molecule has 0 spiro atoms. The van der Waals surface area contributed by atoms with E-state index in [4.69, 9.17) is 4.98 Å². The van der Waals surface area contributed by atoms with E-state index in [1.807, 2.05) is 50.2 Å². The number of urea groups is 1. The zero-order valence-electron chi connectivity index (χ0n) is 18.3. The van der Waals surface area contributed by atoms with E-state index in [1.165, 1.54) is 11.8 Å². The van der Waals surface area contributed by atoms with Crippen molar-refractivity contribution in [3.63, 3.8) is 0 Å². The zero-order chi connectivity index (χ0) is 23.0. The first-order valence-electron chi connectivity index (χ1n) is 10.2. The lowest BCUT2D eigenvalue weighted by atomic mass is 10.00. The summed E-state index contributed by atoms with van der Waals surface area (Å²) in [5.41, 5.74) is 5.85. The largest absolute Gasteiger partial charge is 0.344 e. The lowest BCUT2D eigenvalue weighted by Crippen LogP contribution is -2.49. The van der Waals surface area contributed by atoms with Crippen LogP contribution in [-0.2, 0) is 9.59 Å². The van der Waals surface area contributed by atoms with Crippen molar-refractivity contribution in [2.45, 2.75) is 44.8 Å². The lowest BCUT2D eigenvalue weighted by Gasteiger charge is -2.19. The van der Waals surface area contributed by atoms with Gasteiger partial charge in [-0.05, 0) is 38.8 Å². The van der Waals surface area contributed by atoms with Crippen molar-refractivity contribution in [1.29, 1.82) is 0 Å². The highest BCUT2D eigenvalue weighted by Crippen LogP contribution is 2.30. The SMILES string of the molecule is CC[C@]1(C)NC(=O)N(NC(=O)CSc2nc(-c3ccccc3)c3c(C)cc(C)nn23)C1=O. The van der Waals surface area contributed by atoms with Crippen molar-refractivity contribution < 1.29 is 14.4 Å². The van der Waals surface area contributed by atoms with Crippen molar-refractivity contribution in [2.24, 2.45) is 0 Å². The second-order valence-corrected chi connectivity index (χ2v) is 8.86. The van der Waals surface area contributed by atoms with Crippen LogP contribution < -0.4 is 10.7 Å². The maximum absolute atomic E-state index is 12.5. The molecular weight excluding hydrogens is 428 g/mol. The molecule has 0 unspecified atom stereocenters. The molecular formula is C22H24N6O3S. The number of nitrogens with one attached hydrogen (secondary N) is 2. The summed E-state index contributed by atoms with van der Waals surface area (Å²) in [6, 6.07) is 11.1. The number of aryl methyl sites for hydroxylation is 2. The molecule has 0 saturated carbocycles. The zero-order valence-corrected chi connectivity index (χ0v) is 19.1. The van der Waals surface area contributed by atoms with Crippen molar-refractivity contribution in [3.05, 3.63) is 47.7 Å². The maximum Gasteiger partial charge on any atom is 0.344 e. The quantitative estimate of drug-likeness (QED) is 0.440. The Morgan fingerprint density at radius 3 is 2.59 bits per heavy atom. The predicted octanol–water partition coefficient (Wildman–Crippen LogP) is 2.86. The number of benzene rings is 1. The fourth-order valence-corrected chi connectivity index (χ4v) is 4.35. The van der Waals surface area contributed by atoms with Gasteiger partial charge >= 0.3 is 6.03 Å². The Bertz CT molecular complexity index is 1230. The summed E-state index contributed by atoms with van der Waals surface area (Å²) in [5, 5.41) is 8.50. The van der Waals surface area contributed by atoms with Gasteiger partial charge in [0.25, 0.3) is 5.91 Å². The molecule has 1 atom stereocenters. The van der Waals surface area contributed by atoms with Gasteiger partial charge < -0.3 is 5.32 Å². The highest BCUT2D eigenvalue weighted by atomic mass is 32.2. The molecule has 4 rings (SSSR count). The summed E-state index contributed by atoms with van der Waals surface area (Å²) in [5.74, 6) is -1.00. The van der Waals surface area contributed by atoms with Gasteiger partial charge in [-0.2, -0.15) is 10.1 Å². The highest BCUT2D eigenvalue weighted by Gasteiger charge is 2.47. The average molecular weight is 453 g/mol. The summed E-state index contributed by atoms with van der Waals surface area (Å²) >= 11 is 1.19. The van der Waals surface area contributed by atoms with Crippen LogP contribution in [0.4, 0.5) is 4.79 Å². The van der Waals surface area contributed by atoms with Crippen molar-refractivity contribution in [3.8, 4) is 11.3 Å². The average Bonchev–Trinajstić information content (AvgIpc) is 3.23. The van der Waals surface area contributed by atoms with Crippen LogP contribution >= 0.6 is 11.8 Å². The number of carbonyl (C=O) groups excluding carboxylic acids is 3. The second-order valence-electron chi connectivity index (χ2n) is 7.92. The number of rotatable bonds is 6. The molecule has 32 heavy (non-hydrogen) atoms. The molecule has 3 heterocycles. The number of hydrogen-bond acceptors (Lipinski definition) is 6. The number of nitrogens with zero attached hydrogens (tertiary/aromatic N) is 4. The molecule has 166 valence electrons. The topological polar surface area (TPSA) is 109 Å². The summed E-state index contributed by atoms with van der Waals surface area (Å²) in [6.07, 6.45) is 0.422. The minimum Gasteiger partial charge on any atom is -0.322 e. The van der Waals surface area contributed by atoms with E-state index in [0.29, 0.717) is 11.6 Å². The molecule has 2 N–H and O–H groups in total.